The molecule has 7 heteroatoms. The van der Waals surface area contributed by atoms with Crippen LogP contribution in [0.5, 0.6) is 0 Å². The number of halogens is 3. The number of carbonyl (C=O) groups is 1. The lowest BCUT2D eigenvalue weighted by atomic mass is 10.3. The zero-order chi connectivity index (χ0) is 13.3. The highest BCUT2D eigenvalue weighted by Gasteiger charge is 2.41. The Morgan fingerprint density at radius 2 is 2.06 bits per heavy atom. The number of H-pyrrole nitrogens is 1. The van der Waals surface area contributed by atoms with E-state index in [1.165, 1.54) is 0 Å². The molecule has 0 aliphatic carbocycles. The molecule has 0 saturated carbocycles. The molecule has 0 spiro atoms. The predicted molar refractivity (Wildman–Crippen MR) is 58.6 cm³/mol. The Morgan fingerprint density at radius 1 is 1.39 bits per heavy atom. The molecule has 4 nitrogen and oxygen atoms in total. The molecule has 1 amide bonds. The normalized spacial score (nSPS) is 11.8. The molecule has 0 fully saturated rings. The van der Waals surface area contributed by atoms with Crippen LogP contribution in [0.4, 0.5) is 13.2 Å². The van der Waals surface area contributed by atoms with Crippen molar-refractivity contribution in [2.45, 2.75) is 12.7 Å². The zero-order valence-electron chi connectivity index (χ0n) is 9.45. The van der Waals surface area contributed by atoms with E-state index in [4.69, 9.17) is 0 Å². The summed E-state index contributed by atoms with van der Waals surface area (Å²) in [6.07, 6.45) is -4.86. The Hall–Kier alpha value is -2.05. The number of fused-ring (bicyclic) bond motifs is 1. The third-order valence-corrected chi connectivity index (χ3v) is 2.41. The molecule has 0 bridgehead atoms. The van der Waals surface area contributed by atoms with Gasteiger partial charge in [0.2, 0.25) is 0 Å². The Bertz CT molecular complexity index is 543. The van der Waals surface area contributed by atoms with Crippen LogP contribution in [-0.2, 0) is 11.3 Å². The molecule has 96 valence electrons. The summed E-state index contributed by atoms with van der Waals surface area (Å²) in [5, 5.41) is 0. The van der Waals surface area contributed by atoms with Gasteiger partial charge in [0.25, 0.3) is 0 Å². The van der Waals surface area contributed by atoms with E-state index >= 15 is 0 Å². The number of nitrogens with one attached hydrogen (secondary N) is 1. The van der Waals surface area contributed by atoms with E-state index in [1.54, 1.807) is 24.3 Å². The van der Waals surface area contributed by atoms with Crippen molar-refractivity contribution in [1.82, 2.24) is 14.9 Å². The summed E-state index contributed by atoms with van der Waals surface area (Å²) in [5.74, 6) is -1.57. The number of para-hydroxylation sites is 2. The fraction of sp³-hybridized carbons (Fsp3) is 0.273. The molecular weight excluding hydrogens is 247 g/mol. The van der Waals surface area contributed by atoms with Crippen molar-refractivity contribution in [2.24, 2.45) is 0 Å². The van der Waals surface area contributed by atoms with Crippen LogP contribution in [0.3, 0.4) is 0 Å². The summed E-state index contributed by atoms with van der Waals surface area (Å²) in [7, 11) is 1.09. The molecule has 0 unspecified atom stereocenters. The van der Waals surface area contributed by atoms with Crippen LogP contribution in [0.1, 0.15) is 5.82 Å². The first kappa shape index (κ1) is 12.4. The number of hydrogen-bond donors (Lipinski definition) is 1. The lowest BCUT2D eigenvalue weighted by Gasteiger charge is -2.16. The van der Waals surface area contributed by atoms with Gasteiger partial charge in [0.1, 0.15) is 5.82 Å². The number of imidazole rings is 1. The lowest BCUT2D eigenvalue weighted by Crippen LogP contribution is -2.38. The molecular formula is C11H10F3N3O. The minimum absolute atomic E-state index is 0.215. The predicted octanol–water partition coefficient (Wildman–Crippen LogP) is 2.08. The largest absolute Gasteiger partial charge is 0.471 e. The zero-order valence-corrected chi connectivity index (χ0v) is 9.45. The minimum Gasteiger partial charge on any atom is -0.340 e. The van der Waals surface area contributed by atoms with Crippen molar-refractivity contribution in [3.05, 3.63) is 30.1 Å². The molecule has 18 heavy (non-hydrogen) atoms. The highest BCUT2D eigenvalue weighted by molar-refractivity contribution is 5.81. The summed E-state index contributed by atoms with van der Waals surface area (Å²) >= 11 is 0. The molecule has 1 heterocycles. The van der Waals surface area contributed by atoms with Crippen molar-refractivity contribution in [3.63, 3.8) is 0 Å². The molecule has 1 aromatic heterocycles. The molecule has 0 aliphatic rings. The van der Waals surface area contributed by atoms with Crippen LogP contribution in [0.25, 0.3) is 11.0 Å². The maximum Gasteiger partial charge on any atom is 0.471 e. The minimum atomic E-state index is -4.86. The second kappa shape index (κ2) is 4.32. The van der Waals surface area contributed by atoms with Crippen LogP contribution in [0.2, 0.25) is 0 Å². The van der Waals surface area contributed by atoms with Crippen molar-refractivity contribution in [3.8, 4) is 0 Å². The van der Waals surface area contributed by atoms with E-state index in [2.05, 4.69) is 9.97 Å². The molecule has 2 rings (SSSR count). The quantitative estimate of drug-likeness (QED) is 0.895. The summed E-state index contributed by atoms with van der Waals surface area (Å²) < 4.78 is 36.6. The first-order chi connectivity index (χ1) is 8.38. The molecule has 2 aromatic rings. The van der Waals surface area contributed by atoms with Gasteiger partial charge in [-0.2, -0.15) is 13.2 Å². The summed E-state index contributed by atoms with van der Waals surface area (Å²) in [5.41, 5.74) is 1.38. The van der Waals surface area contributed by atoms with E-state index in [9.17, 15) is 18.0 Å². The summed E-state index contributed by atoms with van der Waals surface area (Å²) in [6, 6.07) is 7.06. The average molecular weight is 257 g/mol. The second-order valence-electron chi connectivity index (χ2n) is 3.86. The van der Waals surface area contributed by atoms with Gasteiger partial charge in [-0.05, 0) is 12.1 Å². The van der Waals surface area contributed by atoms with Gasteiger partial charge >= 0.3 is 12.1 Å². The SMILES string of the molecule is CN(Cc1nc2ccccc2[nH]1)C(=O)C(F)(F)F. The fourth-order valence-corrected chi connectivity index (χ4v) is 1.59. The van der Waals surface area contributed by atoms with Crippen LogP contribution in [0, 0.1) is 0 Å². The van der Waals surface area contributed by atoms with Gasteiger partial charge in [0.15, 0.2) is 0 Å². The van der Waals surface area contributed by atoms with E-state index in [0.29, 0.717) is 16.2 Å². The van der Waals surface area contributed by atoms with Gasteiger partial charge in [-0.15, -0.1) is 0 Å². The summed E-state index contributed by atoms with van der Waals surface area (Å²) in [4.78, 5) is 18.5. The number of aromatic amines is 1. The monoisotopic (exact) mass is 257 g/mol. The molecule has 1 aromatic carbocycles. The Morgan fingerprint density at radius 3 is 2.67 bits per heavy atom. The second-order valence-corrected chi connectivity index (χ2v) is 3.86. The standard InChI is InChI=1S/C11H10F3N3O/c1-17(10(18)11(12,13)14)6-9-15-7-4-2-3-5-8(7)16-9/h2-5H,6H2,1H3,(H,15,16). The van der Waals surface area contributed by atoms with Gasteiger partial charge in [0.05, 0.1) is 17.6 Å². The Kier molecular flexibility index (Phi) is 2.98. The third kappa shape index (κ3) is 2.44. The number of nitrogens with zero attached hydrogens (tertiary/aromatic N) is 2. The number of alkyl halides is 3. The summed E-state index contributed by atoms with van der Waals surface area (Å²) in [6.45, 7) is -0.215. The van der Waals surface area contributed by atoms with Gasteiger partial charge in [-0.25, -0.2) is 4.98 Å². The molecule has 0 radical (unpaired) electrons. The van der Waals surface area contributed by atoms with E-state index < -0.39 is 12.1 Å². The number of benzene rings is 1. The van der Waals surface area contributed by atoms with Gasteiger partial charge in [-0.3, -0.25) is 4.79 Å². The Balaban J connectivity index is 2.16. The first-order valence-corrected chi connectivity index (χ1v) is 5.14. The van der Waals surface area contributed by atoms with E-state index in [1.807, 2.05) is 0 Å². The molecule has 1 N–H and O–H groups in total. The van der Waals surface area contributed by atoms with Crippen LogP contribution in [-0.4, -0.2) is 34.0 Å². The van der Waals surface area contributed by atoms with Crippen molar-refractivity contribution in [1.29, 1.82) is 0 Å². The first-order valence-electron chi connectivity index (χ1n) is 5.14. The van der Waals surface area contributed by atoms with E-state index in [0.717, 1.165) is 12.6 Å². The number of aromatic nitrogens is 2. The maximum atomic E-state index is 12.2. The highest BCUT2D eigenvalue weighted by Crippen LogP contribution is 2.19. The lowest BCUT2D eigenvalue weighted by molar-refractivity contribution is -0.184. The fourth-order valence-electron chi connectivity index (χ4n) is 1.59. The topological polar surface area (TPSA) is 49.0 Å². The van der Waals surface area contributed by atoms with Crippen molar-refractivity contribution < 1.29 is 18.0 Å². The number of rotatable bonds is 2. The number of hydrogen-bond acceptors (Lipinski definition) is 2. The van der Waals surface area contributed by atoms with Gasteiger partial charge in [-0.1, -0.05) is 12.1 Å². The van der Waals surface area contributed by atoms with Crippen molar-refractivity contribution in [2.75, 3.05) is 7.05 Å². The Labute approximate surface area is 100 Å². The smallest absolute Gasteiger partial charge is 0.340 e. The molecule has 0 saturated heterocycles. The van der Waals surface area contributed by atoms with Crippen molar-refractivity contribution >= 4 is 16.9 Å². The number of amides is 1. The van der Waals surface area contributed by atoms with Gasteiger partial charge in [0, 0.05) is 7.05 Å². The highest BCUT2D eigenvalue weighted by atomic mass is 19.4. The van der Waals surface area contributed by atoms with Crippen LogP contribution >= 0.6 is 0 Å². The van der Waals surface area contributed by atoms with Crippen LogP contribution < -0.4 is 0 Å². The molecule has 0 atom stereocenters. The van der Waals surface area contributed by atoms with Crippen LogP contribution in [0.15, 0.2) is 24.3 Å². The number of carbonyl (C=O) groups excluding carboxylic acids is 1. The average Bonchev–Trinajstić information content (AvgIpc) is 2.68. The molecule has 0 aliphatic heterocycles. The van der Waals surface area contributed by atoms with E-state index in [-0.39, 0.29) is 6.54 Å². The van der Waals surface area contributed by atoms with Gasteiger partial charge < -0.3 is 9.88 Å². The maximum absolute atomic E-state index is 12.2. The third-order valence-electron chi connectivity index (χ3n) is 2.41.